The molecule has 2 amide bonds. The van der Waals surface area contributed by atoms with E-state index in [1.807, 2.05) is 47.8 Å². The first-order valence-electron chi connectivity index (χ1n) is 7.58. The summed E-state index contributed by atoms with van der Waals surface area (Å²) in [6, 6.07) is 5.59. The third-order valence-corrected chi connectivity index (χ3v) is 4.17. The van der Waals surface area contributed by atoms with E-state index in [0.717, 1.165) is 24.5 Å². The van der Waals surface area contributed by atoms with Gasteiger partial charge in [0.2, 0.25) is 0 Å². The number of imidazole rings is 1. The molecule has 0 spiro atoms. The van der Waals surface area contributed by atoms with Gasteiger partial charge in [-0.3, -0.25) is 4.98 Å². The Labute approximate surface area is 130 Å². The molecule has 3 rings (SSSR count). The Morgan fingerprint density at radius 1 is 1.36 bits per heavy atom. The normalized spacial score (nSPS) is 19.2. The quantitative estimate of drug-likeness (QED) is 0.943. The molecular formula is C16H21N5O. The van der Waals surface area contributed by atoms with Crippen LogP contribution in [0.3, 0.4) is 0 Å². The van der Waals surface area contributed by atoms with E-state index in [2.05, 4.69) is 15.3 Å². The SMILES string of the molecule is CC(NC(=O)N1CCC(c2nccn2C)C1)c1ccccn1. The molecule has 1 aliphatic heterocycles. The highest BCUT2D eigenvalue weighted by Gasteiger charge is 2.30. The maximum Gasteiger partial charge on any atom is 0.317 e. The van der Waals surface area contributed by atoms with Crippen LogP contribution in [0.25, 0.3) is 0 Å². The average molecular weight is 299 g/mol. The number of carbonyl (C=O) groups is 1. The van der Waals surface area contributed by atoms with Gasteiger partial charge in [0, 0.05) is 44.6 Å². The smallest absolute Gasteiger partial charge is 0.317 e. The molecule has 0 radical (unpaired) electrons. The molecule has 1 aliphatic rings. The van der Waals surface area contributed by atoms with E-state index in [0.29, 0.717) is 12.5 Å². The zero-order chi connectivity index (χ0) is 15.5. The minimum Gasteiger partial charge on any atom is -0.338 e. The van der Waals surface area contributed by atoms with Gasteiger partial charge in [-0.2, -0.15) is 0 Å². The number of pyridine rings is 1. The Kier molecular flexibility index (Phi) is 4.09. The van der Waals surface area contributed by atoms with Crippen molar-refractivity contribution in [1.29, 1.82) is 0 Å². The summed E-state index contributed by atoms with van der Waals surface area (Å²) in [7, 11) is 1.99. The summed E-state index contributed by atoms with van der Waals surface area (Å²) in [5.41, 5.74) is 0.871. The lowest BCUT2D eigenvalue weighted by Crippen LogP contribution is -2.39. The third kappa shape index (κ3) is 2.95. The maximum absolute atomic E-state index is 12.4. The third-order valence-electron chi connectivity index (χ3n) is 4.17. The molecule has 2 aromatic heterocycles. The number of hydrogen-bond donors (Lipinski definition) is 1. The lowest BCUT2D eigenvalue weighted by Gasteiger charge is -2.20. The molecule has 2 unspecified atom stereocenters. The van der Waals surface area contributed by atoms with Crippen LogP contribution in [0.1, 0.15) is 36.8 Å². The summed E-state index contributed by atoms with van der Waals surface area (Å²) >= 11 is 0. The first-order valence-corrected chi connectivity index (χ1v) is 7.58. The molecular weight excluding hydrogens is 278 g/mol. The van der Waals surface area contributed by atoms with Crippen LogP contribution in [0.4, 0.5) is 4.79 Å². The number of rotatable bonds is 3. The van der Waals surface area contributed by atoms with Crippen molar-refractivity contribution < 1.29 is 4.79 Å². The van der Waals surface area contributed by atoms with Gasteiger partial charge in [-0.25, -0.2) is 9.78 Å². The lowest BCUT2D eigenvalue weighted by atomic mass is 10.1. The highest BCUT2D eigenvalue weighted by Crippen LogP contribution is 2.25. The van der Waals surface area contributed by atoms with Gasteiger partial charge in [0.1, 0.15) is 5.82 Å². The molecule has 6 heteroatoms. The highest BCUT2D eigenvalue weighted by molar-refractivity contribution is 5.75. The molecule has 22 heavy (non-hydrogen) atoms. The second-order valence-corrected chi connectivity index (χ2v) is 5.75. The number of aromatic nitrogens is 3. The van der Waals surface area contributed by atoms with Gasteiger partial charge >= 0.3 is 6.03 Å². The molecule has 116 valence electrons. The summed E-state index contributed by atoms with van der Waals surface area (Å²) in [6.45, 7) is 3.43. The molecule has 0 aromatic carbocycles. The Hall–Kier alpha value is -2.37. The lowest BCUT2D eigenvalue weighted by molar-refractivity contribution is 0.204. The molecule has 1 saturated heterocycles. The molecule has 1 N–H and O–H groups in total. The molecule has 3 heterocycles. The van der Waals surface area contributed by atoms with Crippen LogP contribution in [-0.2, 0) is 7.05 Å². The maximum atomic E-state index is 12.4. The molecule has 1 fully saturated rings. The minimum atomic E-state index is -0.0964. The van der Waals surface area contributed by atoms with Crippen molar-refractivity contribution in [3.05, 3.63) is 48.3 Å². The number of urea groups is 1. The van der Waals surface area contributed by atoms with Crippen molar-refractivity contribution in [3.63, 3.8) is 0 Å². The summed E-state index contributed by atoms with van der Waals surface area (Å²) in [5.74, 6) is 1.36. The van der Waals surface area contributed by atoms with E-state index in [1.54, 1.807) is 12.4 Å². The monoisotopic (exact) mass is 299 g/mol. The number of amides is 2. The molecule has 6 nitrogen and oxygen atoms in total. The molecule has 2 aromatic rings. The van der Waals surface area contributed by atoms with Crippen LogP contribution in [0, 0.1) is 0 Å². The minimum absolute atomic E-state index is 0.0325. The predicted molar refractivity (Wildman–Crippen MR) is 83.3 cm³/mol. The standard InChI is InChI=1S/C16H21N5O/c1-12(14-5-3-4-7-17-14)19-16(22)21-9-6-13(11-21)15-18-8-10-20(15)2/h3-5,7-8,10,12-13H,6,9,11H2,1-2H3,(H,19,22). The van der Waals surface area contributed by atoms with Crippen molar-refractivity contribution in [2.45, 2.75) is 25.3 Å². The summed E-state index contributed by atoms with van der Waals surface area (Å²) in [5, 5.41) is 3.02. The Morgan fingerprint density at radius 3 is 2.91 bits per heavy atom. The largest absolute Gasteiger partial charge is 0.338 e. The van der Waals surface area contributed by atoms with E-state index in [9.17, 15) is 4.79 Å². The van der Waals surface area contributed by atoms with Crippen LogP contribution in [0.5, 0.6) is 0 Å². The predicted octanol–water partition coefficient (Wildman–Crippen LogP) is 2.08. The molecule has 0 aliphatic carbocycles. The van der Waals surface area contributed by atoms with Crippen LogP contribution in [0.15, 0.2) is 36.8 Å². The van der Waals surface area contributed by atoms with Crippen molar-refractivity contribution in [1.82, 2.24) is 24.8 Å². The van der Waals surface area contributed by atoms with Gasteiger partial charge in [0.25, 0.3) is 0 Å². The van der Waals surface area contributed by atoms with Gasteiger partial charge < -0.3 is 14.8 Å². The molecule has 0 bridgehead atoms. The number of likely N-dealkylation sites (tertiary alicyclic amines) is 1. The second-order valence-electron chi connectivity index (χ2n) is 5.75. The summed E-state index contributed by atoms with van der Waals surface area (Å²) in [4.78, 5) is 22.9. The number of carbonyl (C=O) groups excluding carboxylic acids is 1. The first-order chi connectivity index (χ1) is 10.6. The fourth-order valence-corrected chi connectivity index (χ4v) is 2.91. The van der Waals surface area contributed by atoms with Gasteiger partial charge in [-0.1, -0.05) is 6.07 Å². The van der Waals surface area contributed by atoms with Crippen molar-refractivity contribution >= 4 is 6.03 Å². The Balaban J connectivity index is 1.59. The van der Waals surface area contributed by atoms with E-state index in [1.165, 1.54) is 0 Å². The van der Waals surface area contributed by atoms with Crippen molar-refractivity contribution in [3.8, 4) is 0 Å². The Bertz CT molecular complexity index is 639. The second kappa shape index (κ2) is 6.17. The van der Waals surface area contributed by atoms with Gasteiger partial charge in [0.05, 0.1) is 11.7 Å². The number of nitrogens with one attached hydrogen (secondary N) is 1. The van der Waals surface area contributed by atoms with Crippen LogP contribution < -0.4 is 5.32 Å². The fraction of sp³-hybridized carbons (Fsp3) is 0.438. The van der Waals surface area contributed by atoms with Crippen LogP contribution in [-0.4, -0.2) is 38.6 Å². The summed E-state index contributed by atoms with van der Waals surface area (Å²) < 4.78 is 2.03. The van der Waals surface area contributed by atoms with E-state index < -0.39 is 0 Å². The van der Waals surface area contributed by atoms with E-state index in [4.69, 9.17) is 0 Å². The van der Waals surface area contributed by atoms with Gasteiger partial charge in [0.15, 0.2) is 0 Å². The van der Waals surface area contributed by atoms with E-state index in [-0.39, 0.29) is 12.1 Å². The Morgan fingerprint density at radius 2 is 2.23 bits per heavy atom. The topological polar surface area (TPSA) is 63.1 Å². The van der Waals surface area contributed by atoms with E-state index >= 15 is 0 Å². The van der Waals surface area contributed by atoms with Crippen molar-refractivity contribution in [2.24, 2.45) is 7.05 Å². The fourth-order valence-electron chi connectivity index (χ4n) is 2.91. The highest BCUT2D eigenvalue weighted by atomic mass is 16.2. The van der Waals surface area contributed by atoms with Gasteiger partial charge in [-0.05, 0) is 25.5 Å². The number of aryl methyl sites for hydroxylation is 1. The van der Waals surface area contributed by atoms with Gasteiger partial charge in [-0.15, -0.1) is 0 Å². The van der Waals surface area contributed by atoms with Crippen LogP contribution in [0.2, 0.25) is 0 Å². The zero-order valence-corrected chi connectivity index (χ0v) is 12.9. The molecule has 2 atom stereocenters. The molecule has 0 saturated carbocycles. The van der Waals surface area contributed by atoms with Crippen LogP contribution >= 0.6 is 0 Å². The summed E-state index contributed by atoms with van der Waals surface area (Å²) in [6.07, 6.45) is 6.45. The first kappa shape index (κ1) is 14.6. The zero-order valence-electron chi connectivity index (χ0n) is 12.9. The number of hydrogen-bond acceptors (Lipinski definition) is 3. The van der Waals surface area contributed by atoms with Crippen molar-refractivity contribution in [2.75, 3.05) is 13.1 Å². The average Bonchev–Trinajstić information content (AvgIpc) is 3.16. The number of nitrogens with zero attached hydrogens (tertiary/aromatic N) is 4.